The Morgan fingerprint density at radius 3 is 2.50 bits per heavy atom. The summed E-state index contributed by atoms with van der Waals surface area (Å²) in [6.07, 6.45) is 8.61. The number of rotatable bonds is 10. The number of hydrogen-bond acceptors (Lipinski definition) is 7. The average molecular weight is 557 g/mol. The molecule has 4 N–H and O–H groups in total. The van der Waals surface area contributed by atoms with Crippen molar-refractivity contribution in [2.24, 2.45) is 5.92 Å². The zero-order valence-electron chi connectivity index (χ0n) is 21.2. The Morgan fingerprint density at radius 2 is 1.82 bits per heavy atom. The van der Waals surface area contributed by atoms with Crippen LogP contribution < -0.4 is 10.6 Å². The highest BCUT2D eigenvalue weighted by atomic mass is 35.5. The molecule has 1 saturated carbocycles. The van der Waals surface area contributed by atoms with Gasteiger partial charge in [-0.25, -0.2) is 4.98 Å². The van der Waals surface area contributed by atoms with Crippen molar-refractivity contribution in [3.8, 4) is 11.4 Å². The summed E-state index contributed by atoms with van der Waals surface area (Å²) in [5.74, 6) is -1.20. The predicted octanol–water partition coefficient (Wildman–Crippen LogP) is 5.44. The van der Waals surface area contributed by atoms with Gasteiger partial charge in [-0.2, -0.15) is 0 Å². The van der Waals surface area contributed by atoms with Crippen LogP contribution in [0.25, 0.3) is 11.4 Å². The number of aliphatic carboxylic acids is 2. The van der Waals surface area contributed by atoms with Crippen LogP contribution in [-0.4, -0.2) is 45.2 Å². The van der Waals surface area contributed by atoms with Gasteiger partial charge in [0, 0.05) is 18.1 Å². The first kappa shape index (κ1) is 28.0. The van der Waals surface area contributed by atoms with Gasteiger partial charge in [0.25, 0.3) is 0 Å². The van der Waals surface area contributed by atoms with E-state index in [1.54, 1.807) is 11.3 Å². The number of anilines is 1. The van der Waals surface area contributed by atoms with E-state index in [1.165, 1.54) is 35.4 Å². The molecule has 202 valence electrons. The van der Waals surface area contributed by atoms with Crippen molar-refractivity contribution in [1.29, 1.82) is 0 Å². The number of halogens is 1. The number of aromatic nitrogens is 2. The Morgan fingerprint density at radius 1 is 1.05 bits per heavy atom. The van der Waals surface area contributed by atoms with Gasteiger partial charge < -0.3 is 20.8 Å². The minimum Gasteiger partial charge on any atom is -0.481 e. The summed E-state index contributed by atoms with van der Waals surface area (Å²) in [7, 11) is 0. The van der Waals surface area contributed by atoms with Gasteiger partial charge in [0.1, 0.15) is 0 Å². The van der Waals surface area contributed by atoms with Gasteiger partial charge in [-0.05, 0) is 73.5 Å². The van der Waals surface area contributed by atoms with Gasteiger partial charge in [0.2, 0.25) is 0 Å². The summed E-state index contributed by atoms with van der Waals surface area (Å²) in [5, 5.41) is 27.0. The number of carbonyl (C=O) groups is 2. The molecule has 2 aliphatic rings. The number of pyridine rings is 1. The lowest BCUT2D eigenvalue weighted by Gasteiger charge is -2.16. The molecule has 10 heteroatoms. The van der Waals surface area contributed by atoms with Crippen molar-refractivity contribution in [2.45, 2.75) is 57.9 Å². The van der Waals surface area contributed by atoms with E-state index >= 15 is 0 Å². The smallest absolute Gasteiger partial charge is 0.303 e. The highest BCUT2D eigenvalue weighted by molar-refractivity contribution is 7.09. The Kier molecular flexibility index (Phi) is 10.1. The highest BCUT2D eigenvalue weighted by Gasteiger charge is 2.21. The zero-order valence-corrected chi connectivity index (χ0v) is 22.8. The molecule has 1 aliphatic heterocycles. The number of aryl methyl sites for hydroxylation is 1. The average Bonchev–Trinajstić information content (AvgIpc) is 3.67. The molecule has 0 amide bonds. The monoisotopic (exact) mass is 556 g/mol. The van der Waals surface area contributed by atoms with Crippen LogP contribution in [0.3, 0.4) is 0 Å². The SMILES string of the molecule is Clc1ccc2c(c1NCc1ccc(-c3csc(CCC4CC4)n3)nc1)CCNCC2.O=C(O)CCC(=O)O. The van der Waals surface area contributed by atoms with Gasteiger partial charge in [-0.3, -0.25) is 14.6 Å². The van der Waals surface area contributed by atoms with Crippen molar-refractivity contribution in [3.05, 3.63) is 62.6 Å². The van der Waals surface area contributed by atoms with E-state index < -0.39 is 11.9 Å². The van der Waals surface area contributed by atoms with E-state index in [4.69, 9.17) is 26.8 Å². The normalized spacial score (nSPS) is 14.6. The summed E-state index contributed by atoms with van der Waals surface area (Å²) >= 11 is 8.29. The summed E-state index contributed by atoms with van der Waals surface area (Å²) < 4.78 is 0. The molecule has 8 nitrogen and oxygen atoms in total. The van der Waals surface area contributed by atoms with Crippen LogP contribution in [0.5, 0.6) is 0 Å². The fourth-order valence-corrected chi connectivity index (χ4v) is 5.35. The molecule has 0 bridgehead atoms. The van der Waals surface area contributed by atoms with Crippen LogP contribution in [0.4, 0.5) is 5.69 Å². The summed E-state index contributed by atoms with van der Waals surface area (Å²) in [4.78, 5) is 28.7. The predicted molar refractivity (Wildman–Crippen MR) is 150 cm³/mol. The summed E-state index contributed by atoms with van der Waals surface area (Å²) in [6.45, 7) is 2.73. The van der Waals surface area contributed by atoms with Crippen molar-refractivity contribution in [3.63, 3.8) is 0 Å². The van der Waals surface area contributed by atoms with Crippen molar-refractivity contribution in [2.75, 3.05) is 18.4 Å². The first-order valence-corrected chi connectivity index (χ1v) is 14.2. The van der Waals surface area contributed by atoms with Gasteiger partial charge in [0.05, 0.1) is 39.9 Å². The first-order chi connectivity index (χ1) is 18.4. The molecule has 2 aromatic heterocycles. The van der Waals surface area contributed by atoms with Crippen LogP contribution in [0.2, 0.25) is 5.02 Å². The second kappa shape index (κ2) is 13.7. The highest BCUT2D eigenvalue weighted by Crippen LogP contribution is 2.34. The fraction of sp³-hybridized carbons (Fsp3) is 0.429. The molecule has 3 aromatic rings. The summed E-state index contributed by atoms with van der Waals surface area (Å²) in [5.41, 5.74) is 6.89. The van der Waals surface area contributed by atoms with Crippen molar-refractivity contribution >= 4 is 40.6 Å². The molecule has 0 radical (unpaired) electrons. The lowest BCUT2D eigenvalue weighted by atomic mass is 10.0. The number of thiazole rings is 1. The van der Waals surface area contributed by atoms with Crippen LogP contribution >= 0.6 is 22.9 Å². The van der Waals surface area contributed by atoms with Crippen LogP contribution in [-0.2, 0) is 35.4 Å². The Bertz CT molecular complexity index is 1230. The number of carboxylic acid groups (broad SMARTS) is 2. The lowest BCUT2D eigenvalue weighted by molar-refractivity contribution is -0.143. The molecule has 1 aliphatic carbocycles. The van der Waals surface area contributed by atoms with Crippen molar-refractivity contribution < 1.29 is 19.8 Å². The third-order valence-corrected chi connectivity index (χ3v) is 7.83. The molecule has 0 unspecified atom stereocenters. The Balaban J connectivity index is 0.000000368. The Labute approximate surface area is 231 Å². The molecule has 0 saturated heterocycles. The number of nitrogens with zero attached hydrogens (tertiary/aromatic N) is 2. The number of hydrogen-bond donors (Lipinski definition) is 4. The topological polar surface area (TPSA) is 124 Å². The maximum Gasteiger partial charge on any atom is 0.303 e. The Hall–Kier alpha value is -3.01. The van der Waals surface area contributed by atoms with E-state index in [-0.39, 0.29) is 12.8 Å². The van der Waals surface area contributed by atoms with Gasteiger partial charge in [0.15, 0.2) is 0 Å². The van der Waals surface area contributed by atoms with E-state index in [9.17, 15) is 9.59 Å². The molecule has 1 aromatic carbocycles. The maximum atomic E-state index is 9.64. The first-order valence-electron chi connectivity index (χ1n) is 13.0. The lowest BCUT2D eigenvalue weighted by Crippen LogP contribution is -2.16. The largest absolute Gasteiger partial charge is 0.481 e. The van der Waals surface area contributed by atoms with E-state index in [1.807, 2.05) is 12.3 Å². The van der Waals surface area contributed by atoms with E-state index in [0.29, 0.717) is 6.54 Å². The molecular weight excluding hydrogens is 524 g/mol. The second-order valence-electron chi connectivity index (χ2n) is 9.61. The molecule has 1 fully saturated rings. The minimum absolute atomic E-state index is 0.296. The third kappa shape index (κ3) is 8.51. The molecule has 5 rings (SSSR count). The molecule has 3 heterocycles. The fourth-order valence-electron chi connectivity index (χ4n) is 4.30. The number of fused-ring (bicyclic) bond motifs is 1. The summed E-state index contributed by atoms with van der Waals surface area (Å²) in [6, 6.07) is 8.39. The zero-order chi connectivity index (χ0) is 26.9. The van der Waals surface area contributed by atoms with Crippen LogP contribution in [0, 0.1) is 5.92 Å². The minimum atomic E-state index is -1.08. The van der Waals surface area contributed by atoms with Crippen LogP contribution in [0.15, 0.2) is 35.8 Å². The number of benzene rings is 1. The van der Waals surface area contributed by atoms with Gasteiger partial charge >= 0.3 is 11.9 Å². The van der Waals surface area contributed by atoms with Crippen LogP contribution in [0.1, 0.15) is 53.8 Å². The maximum absolute atomic E-state index is 9.64. The van der Waals surface area contributed by atoms with Crippen molar-refractivity contribution in [1.82, 2.24) is 15.3 Å². The number of nitrogens with one attached hydrogen (secondary N) is 2. The molecule has 0 atom stereocenters. The molecular formula is C28H33ClN4O4S. The third-order valence-electron chi connectivity index (χ3n) is 6.61. The standard InChI is InChI=1S/C24H27ClN4S.C4H6O4/c25-20-6-5-18-9-11-26-12-10-19(18)24(20)28-14-17-3-7-21(27-13-17)22-15-30-23(29-22)8-4-16-1-2-16;5-3(6)1-2-4(7)8/h3,5-7,13,15-16,26,28H,1-2,4,8-12,14H2;1-2H2,(H,5,6)(H,7,8). The molecule has 38 heavy (non-hydrogen) atoms. The van der Waals surface area contributed by atoms with E-state index in [2.05, 4.69) is 39.2 Å². The quantitative estimate of drug-likeness (QED) is 0.260. The second-order valence-corrected chi connectivity index (χ2v) is 11.0. The van der Waals surface area contributed by atoms with Gasteiger partial charge in [-0.1, -0.05) is 36.6 Å². The number of carboxylic acids is 2. The molecule has 0 spiro atoms. The van der Waals surface area contributed by atoms with E-state index in [0.717, 1.165) is 65.9 Å². The van der Waals surface area contributed by atoms with Gasteiger partial charge in [-0.15, -0.1) is 11.3 Å².